The van der Waals surface area contributed by atoms with Crippen LogP contribution in [0.4, 0.5) is 0 Å². The van der Waals surface area contributed by atoms with Crippen LogP contribution in [0.1, 0.15) is 33.1 Å². The van der Waals surface area contributed by atoms with Gasteiger partial charge in [-0.1, -0.05) is 13.8 Å². The van der Waals surface area contributed by atoms with Gasteiger partial charge in [-0.05, 0) is 48.2 Å². The number of fused-ring (bicyclic) bond motifs is 2. The minimum absolute atomic E-state index is 0.341. The fourth-order valence-electron chi connectivity index (χ4n) is 3.46. The predicted molar refractivity (Wildman–Crippen MR) is 62.5 cm³/mol. The molecule has 2 bridgehead atoms. The number of thioether (sulfide) groups is 1. The van der Waals surface area contributed by atoms with Crippen molar-refractivity contribution in [3.63, 3.8) is 0 Å². The van der Waals surface area contributed by atoms with Crippen LogP contribution < -0.4 is 0 Å². The molecule has 0 aliphatic heterocycles. The standard InChI is InChI=1S/C12H22OS/c1-12(2)10-4-3-9(11(12)7-10)8-14-6-5-13/h9-11,13H,3-8H2,1-2H3. The third-order valence-corrected chi connectivity index (χ3v) is 5.70. The average Bonchev–Trinajstić information content (AvgIpc) is 2.18. The number of hydrogen-bond donors (Lipinski definition) is 1. The molecule has 0 heterocycles. The summed E-state index contributed by atoms with van der Waals surface area (Å²) in [6.07, 6.45) is 4.38. The lowest BCUT2D eigenvalue weighted by molar-refractivity contribution is -0.0973. The first-order chi connectivity index (χ1) is 6.66. The molecule has 0 spiro atoms. The van der Waals surface area contributed by atoms with Gasteiger partial charge in [-0.3, -0.25) is 0 Å². The highest BCUT2D eigenvalue weighted by molar-refractivity contribution is 7.99. The molecule has 3 aliphatic carbocycles. The monoisotopic (exact) mass is 214 g/mol. The summed E-state index contributed by atoms with van der Waals surface area (Å²) >= 11 is 1.94. The van der Waals surface area contributed by atoms with E-state index in [1.54, 1.807) is 0 Å². The Kier molecular flexibility index (Phi) is 3.13. The molecule has 0 amide bonds. The fourth-order valence-corrected chi connectivity index (χ4v) is 4.46. The van der Waals surface area contributed by atoms with E-state index in [1.165, 1.54) is 25.0 Å². The zero-order chi connectivity index (χ0) is 10.2. The van der Waals surface area contributed by atoms with E-state index in [0.29, 0.717) is 12.0 Å². The molecule has 3 saturated carbocycles. The normalized spacial score (nSPS) is 39.2. The van der Waals surface area contributed by atoms with Crippen molar-refractivity contribution in [2.75, 3.05) is 18.1 Å². The molecule has 1 N–H and O–H groups in total. The average molecular weight is 214 g/mol. The molecule has 82 valence electrons. The molecule has 3 rings (SSSR count). The van der Waals surface area contributed by atoms with Crippen LogP contribution in [0, 0.1) is 23.2 Å². The molecule has 3 aliphatic rings. The topological polar surface area (TPSA) is 20.2 Å². The highest BCUT2D eigenvalue weighted by Gasteiger charge is 2.53. The van der Waals surface area contributed by atoms with Crippen molar-refractivity contribution in [1.82, 2.24) is 0 Å². The Balaban J connectivity index is 1.82. The molecule has 2 heteroatoms. The Morgan fingerprint density at radius 2 is 2.14 bits per heavy atom. The summed E-state index contributed by atoms with van der Waals surface area (Å²) in [5.41, 5.74) is 0.628. The maximum absolute atomic E-state index is 8.75. The van der Waals surface area contributed by atoms with Gasteiger partial charge in [-0.2, -0.15) is 11.8 Å². The van der Waals surface area contributed by atoms with Crippen LogP contribution in [0.5, 0.6) is 0 Å². The fraction of sp³-hybridized carbons (Fsp3) is 1.00. The number of aliphatic hydroxyl groups is 1. The lowest BCUT2D eigenvalue weighted by Gasteiger charge is -2.60. The van der Waals surface area contributed by atoms with Gasteiger partial charge < -0.3 is 5.11 Å². The van der Waals surface area contributed by atoms with Crippen LogP contribution >= 0.6 is 11.8 Å². The molecular weight excluding hydrogens is 192 g/mol. The Labute approximate surface area is 91.7 Å². The second-order valence-electron chi connectivity index (χ2n) is 5.50. The van der Waals surface area contributed by atoms with Crippen LogP contribution in [-0.4, -0.2) is 23.2 Å². The predicted octanol–water partition coefficient (Wildman–Crippen LogP) is 2.78. The maximum atomic E-state index is 8.75. The smallest absolute Gasteiger partial charge is 0.0521 e. The van der Waals surface area contributed by atoms with E-state index in [1.807, 2.05) is 11.8 Å². The van der Waals surface area contributed by atoms with Crippen LogP contribution in [0.2, 0.25) is 0 Å². The first kappa shape index (κ1) is 10.8. The van der Waals surface area contributed by atoms with E-state index in [0.717, 1.165) is 23.5 Å². The summed E-state index contributed by atoms with van der Waals surface area (Å²) in [6, 6.07) is 0. The quantitative estimate of drug-likeness (QED) is 0.726. The number of rotatable bonds is 4. The van der Waals surface area contributed by atoms with E-state index in [9.17, 15) is 0 Å². The highest BCUT2D eigenvalue weighted by Crippen LogP contribution is 2.61. The number of hydrogen-bond acceptors (Lipinski definition) is 2. The molecule has 0 saturated heterocycles. The van der Waals surface area contributed by atoms with Crippen LogP contribution in [0.25, 0.3) is 0 Å². The van der Waals surface area contributed by atoms with Crippen molar-refractivity contribution in [2.24, 2.45) is 23.2 Å². The van der Waals surface area contributed by atoms with Gasteiger partial charge in [-0.15, -0.1) is 0 Å². The first-order valence-corrected chi connectivity index (χ1v) is 7.00. The van der Waals surface area contributed by atoms with E-state index < -0.39 is 0 Å². The van der Waals surface area contributed by atoms with Gasteiger partial charge in [0.25, 0.3) is 0 Å². The van der Waals surface area contributed by atoms with Gasteiger partial charge in [0, 0.05) is 5.75 Å². The molecule has 0 aromatic heterocycles. The SMILES string of the molecule is CC1(C)C2CCC(CSCCO)C1C2. The van der Waals surface area contributed by atoms with Gasteiger partial charge in [0.2, 0.25) is 0 Å². The second kappa shape index (κ2) is 4.05. The third kappa shape index (κ3) is 1.71. The van der Waals surface area contributed by atoms with Crippen molar-refractivity contribution < 1.29 is 5.11 Å². The summed E-state index contributed by atoms with van der Waals surface area (Å²) in [5, 5.41) is 8.75. The van der Waals surface area contributed by atoms with Crippen molar-refractivity contribution in [3.05, 3.63) is 0 Å². The molecule has 0 aromatic carbocycles. The minimum atomic E-state index is 0.341. The first-order valence-electron chi connectivity index (χ1n) is 5.85. The second-order valence-corrected chi connectivity index (χ2v) is 6.65. The Bertz CT molecular complexity index is 200. The summed E-state index contributed by atoms with van der Waals surface area (Å²) in [6.45, 7) is 5.25. The van der Waals surface area contributed by atoms with Crippen LogP contribution in [0.15, 0.2) is 0 Å². The zero-order valence-corrected chi connectivity index (χ0v) is 10.1. The third-order valence-electron chi connectivity index (χ3n) is 4.57. The van der Waals surface area contributed by atoms with E-state index >= 15 is 0 Å². The Morgan fingerprint density at radius 3 is 2.71 bits per heavy atom. The molecular formula is C12H22OS. The van der Waals surface area contributed by atoms with Gasteiger partial charge in [0.1, 0.15) is 0 Å². The van der Waals surface area contributed by atoms with Crippen molar-refractivity contribution >= 4 is 11.8 Å². The minimum Gasteiger partial charge on any atom is -0.396 e. The summed E-state index contributed by atoms with van der Waals surface area (Å²) in [7, 11) is 0. The van der Waals surface area contributed by atoms with E-state index in [2.05, 4.69) is 13.8 Å². The van der Waals surface area contributed by atoms with Gasteiger partial charge in [0.05, 0.1) is 6.61 Å². The highest BCUT2D eigenvalue weighted by atomic mass is 32.2. The van der Waals surface area contributed by atoms with Crippen molar-refractivity contribution in [3.8, 4) is 0 Å². The Morgan fingerprint density at radius 1 is 1.36 bits per heavy atom. The maximum Gasteiger partial charge on any atom is 0.0521 e. The molecule has 1 nitrogen and oxygen atoms in total. The zero-order valence-electron chi connectivity index (χ0n) is 9.33. The van der Waals surface area contributed by atoms with Gasteiger partial charge in [0.15, 0.2) is 0 Å². The molecule has 3 unspecified atom stereocenters. The summed E-state index contributed by atoms with van der Waals surface area (Å²) < 4.78 is 0. The molecule has 0 radical (unpaired) electrons. The Hall–Kier alpha value is 0.310. The number of aliphatic hydroxyl groups excluding tert-OH is 1. The molecule has 14 heavy (non-hydrogen) atoms. The summed E-state index contributed by atoms with van der Waals surface area (Å²) in [5.74, 6) is 5.14. The molecule has 3 fully saturated rings. The van der Waals surface area contributed by atoms with Crippen molar-refractivity contribution in [1.29, 1.82) is 0 Å². The lowest BCUT2D eigenvalue weighted by Crippen LogP contribution is -2.52. The van der Waals surface area contributed by atoms with E-state index in [-0.39, 0.29) is 0 Å². The lowest BCUT2D eigenvalue weighted by atomic mass is 9.46. The van der Waals surface area contributed by atoms with Crippen LogP contribution in [0.3, 0.4) is 0 Å². The molecule has 0 aromatic rings. The largest absolute Gasteiger partial charge is 0.396 e. The summed E-state index contributed by atoms with van der Waals surface area (Å²) in [4.78, 5) is 0. The van der Waals surface area contributed by atoms with Crippen LogP contribution in [-0.2, 0) is 0 Å². The molecule has 3 atom stereocenters. The van der Waals surface area contributed by atoms with E-state index in [4.69, 9.17) is 5.11 Å². The van der Waals surface area contributed by atoms with Crippen molar-refractivity contribution in [2.45, 2.75) is 33.1 Å². The van der Waals surface area contributed by atoms with Gasteiger partial charge in [-0.25, -0.2) is 0 Å². The van der Waals surface area contributed by atoms with Gasteiger partial charge >= 0.3 is 0 Å².